The minimum Gasteiger partial charge on any atom is -0.322 e. The minimum atomic E-state index is -5.64. The Hall–Kier alpha value is -1.08. The van der Waals surface area contributed by atoms with E-state index in [2.05, 4.69) is 4.90 Å². The predicted molar refractivity (Wildman–Crippen MR) is 125 cm³/mol. The predicted octanol–water partition coefficient (Wildman–Crippen LogP) is 4.99. The summed E-state index contributed by atoms with van der Waals surface area (Å²) in [7, 11) is -9.12. The highest BCUT2D eigenvalue weighted by Crippen LogP contribution is 2.62. The molecule has 1 aliphatic carbocycles. The lowest BCUT2D eigenvalue weighted by Crippen LogP contribution is -2.32. The summed E-state index contributed by atoms with van der Waals surface area (Å²) in [6.45, 7) is 0.838. The molecule has 0 spiro atoms. The Bertz CT molecular complexity index is 1000. The summed E-state index contributed by atoms with van der Waals surface area (Å²) in [5, 5.41) is -2.88. The van der Waals surface area contributed by atoms with Crippen molar-refractivity contribution in [3.05, 3.63) is 70.8 Å². The molecule has 2 aromatic carbocycles. The Labute approximate surface area is 197 Å². The summed E-state index contributed by atoms with van der Waals surface area (Å²) in [6, 6.07) is 10.9. The molecule has 2 atom stereocenters. The molecule has 2 aromatic rings. The normalized spacial score (nSPS) is 17.8. The van der Waals surface area contributed by atoms with Gasteiger partial charge in [-0.1, -0.05) is 70.6 Å². The Morgan fingerprint density at radius 3 is 1.59 bits per heavy atom. The molecule has 7 nitrogen and oxygen atoms in total. The van der Waals surface area contributed by atoms with Crippen LogP contribution in [0.4, 0.5) is 13.2 Å². The summed E-state index contributed by atoms with van der Waals surface area (Å²) in [6.07, 6.45) is 3.99. The van der Waals surface area contributed by atoms with Crippen LogP contribution in [0.15, 0.2) is 48.5 Å². The highest BCUT2D eigenvalue weighted by molar-refractivity contribution is 7.61. The Kier molecular flexibility index (Phi) is 8.19. The highest BCUT2D eigenvalue weighted by atomic mass is 31.2. The third kappa shape index (κ3) is 6.00. The number of alkyl halides is 3. The standard InChI is InChI=1S/C21H27F3NO6P3/c22-20(23,33(26,27)28)17-9-5-15(6-10-17)13-25(19-3-1-2-4-19)14-16-7-11-18(12-8-16)21(24,32)34(29,30)31/h5-12,19H,1-4,13-14,32H2,(H2,26,27,28)(H2,29,30,31). The lowest BCUT2D eigenvalue weighted by atomic mass is 10.1. The van der Waals surface area contributed by atoms with Gasteiger partial charge in [0.2, 0.25) is 5.15 Å². The van der Waals surface area contributed by atoms with Gasteiger partial charge in [-0.05, 0) is 24.0 Å². The maximum absolute atomic E-state index is 14.5. The van der Waals surface area contributed by atoms with Crippen LogP contribution >= 0.6 is 24.4 Å². The van der Waals surface area contributed by atoms with E-state index < -0.39 is 31.6 Å². The van der Waals surface area contributed by atoms with E-state index in [1.54, 1.807) is 21.4 Å². The molecule has 0 saturated heterocycles. The van der Waals surface area contributed by atoms with Crippen molar-refractivity contribution in [3.63, 3.8) is 0 Å². The van der Waals surface area contributed by atoms with Crippen molar-refractivity contribution >= 4 is 24.4 Å². The van der Waals surface area contributed by atoms with Crippen LogP contribution in [-0.2, 0) is 33.0 Å². The van der Waals surface area contributed by atoms with E-state index in [-0.39, 0.29) is 11.6 Å². The fraction of sp³-hybridized carbons (Fsp3) is 0.429. The van der Waals surface area contributed by atoms with Gasteiger partial charge in [-0.2, -0.15) is 8.78 Å². The van der Waals surface area contributed by atoms with Gasteiger partial charge in [-0.15, -0.1) is 0 Å². The summed E-state index contributed by atoms with van der Waals surface area (Å²) in [4.78, 5) is 38.5. The molecule has 0 radical (unpaired) electrons. The molecule has 0 amide bonds. The third-order valence-electron chi connectivity index (χ3n) is 6.06. The van der Waals surface area contributed by atoms with Crippen LogP contribution in [0.3, 0.4) is 0 Å². The van der Waals surface area contributed by atoms with Crippen LogP contribution in [0.25, 0.3) is 0 Å². The van der Waals surface area contributed by atoms with Crippen LogP contribution in [0, 0.1) is 0 Å². The zero-order chi connectivity index (χ0) is 25.4. The quantitative estimate of drug-likeness (QED) is 0.332. The second-order valence-electron chi connectivity index (χ2n) is 8.54. The van der Waals surface area contributed by atoms with Gasteiger partial charge in [0, 0.05) is 30.3 Å². The van der Waals surface area contributed by atoms with E-state index >= 15 is 0 Å². The molecule has 0 aromatic heterocycles. The first-order chi connectivity index (χ1) is 15.6. The monoisotopic (exact) mass is 539 g/mol. The van der Waals surface area contributed by atoms with Crippen molar-refractivity contribution in [2.75, 3.05) is 0 Å². The van der Waals surface area contributed by atoms with Crippen molar-refractivity contribution in [3.8, 4) is 0 Å². The van der Waals surface area contributed by atoms with Crippen LogP contribution in [0.5, 0.6) is 0 Å². The largest absolute Gasteiger partial charge is 0.399 e. The maximum Gasteiger partial charge on any atom is 0.399 e. The van der Waals surface area contributed by atoms with E-state index in [0.717, 1.165) is 43.4 Å². The van der Waals surface area contributed by atoms with Gasteiger partial charge >= 0.3 is 20.9 Å². The number of nitrogens with zero attached hydrogens (tertiary/aromatic N) is 1. The van der Waals surface area contributed by atoms with Crippen molar-refractivity contribution < 1.29 is 41.9 Å². The second kappa shape index (κ2) is 10.1. The second-order valence-corrected chi connectivity index (χ2v) is 13.2. The molecule has 1 fully saturated rings. The molecule has 188 valence electrons. The molecular weight excluding hydrogens is 512 g/mol. The van der Waals surface area contributed by atoms with E-state index in [1.807, 2.05) is 0 Å². The van der Waals surface area contributed by atoms with Gasteiger partial charge in [0.1, 0.15) is 0 Å². The third-order valence-corrected chi connectivity index (χ3v) is 9.50. The molecule has 1 saturated carbocycles. The van der Waals surface area contributed by atoms with E-state index in [9.17, 15) is 32.1 Å². The van der Waals surface area contributed by atoms with Crippen molar-refractivity contribution in [2.45, 2.75) is 55.6 Å². The van der Waals surface area contributed by atoms with Crippen LogP contribution < -0.4 is 0 Å². The summed E-state index contributed by atoms with van der Waals surface area (Å²) >= 11 is 0. The van der Waals surface area contributed by atoms with Gasteiger partial charge < -0.3 is 19.6 Å². The topological polar surface area (TPSA) is 118 Å². The molecule has 3 rings (SSSR count). The van der Waals surface area contributed by atoms with Gasteiger partial charge in [0.05, 0.1) is 0 Å². The fourth-order valence-corrected chi connectivity index (χ4v) is 5.21. The van der Waals surface area contributed by atoms with Crippen molar-refractivity contribution in [2.24, 2.45) is 0 Å². The molecule has 2 unspecified atom stereocenters. The molecule has 0 bridgehead atoms. The van der Waals surface area contributed by atoms with Gasteiger partial charge in [-0.3, -0.25) is 14.0 Å². The molecule has 4 N–H and O–H groups in total. The number of hydrogen-bond donors (Lipinski definition) is 4. The van der Waals surface area contributed by atoms with E-state index in [1.165, 1.54) is 24.3 Å². The van der Waals surface area contributed by atoms with Crippen LogP contribution in [0.1, 0.15) is 47.9 Å². The van der Waals surface area contributed by atoms with E-state index in [4.69, 9.17) is 9.79 Å². The average Bonchev–Trinajstić information content (AvgIpc) is 3.27. The van der Waals surface area contributed by atoms with Gasteiger partial charge in [0.25, 0.3) is 0 Å². The van der Waals surface area contributed by atoms with Crippen molar-refractivity contribution in [1.82, 2.24) is 4.90 Å². The van der Waals surface area contributed by atoms with Gasteiger partial charge in [-0.25, -0.2) is 4.39 Å². The average molecular weight is 539 g/mol. The first-order valence-corrected chi connectivity index (χ1v) is 14.3. The summed E-state index contributed by atoms with van der Waals surface area (Å²) < 4.78 is 64.9. The SMILES string of the molecule is O=P(O)(O)C(F)(F)c1ccc(CN(Cc2ccc(C(F)(P)P(=O)(O)O)cc2)C2CCCC2)cc1. The van der Waals surface area contributed by atoms with E-state index in [0.29, 0.717) is 18.7 Å². The molecule has 34 heavy (non-hydrogen) atoms. The molecule has 0 aliphatic heterocycles. The highest BCUT2D eigenvalue weighted by Gasteiger charge is 2.50. The fourth-order valence-electron chi connectivity index (χ4n) is 4.04. The minimum absolute atomic E-state index is 0.163. The summed E-state index contributed by atoms with van der Waals surface area (Å²) in [5.41, 5.74) is -3.72. The number of hydrogen-bond acceptors (Lipinski definition) is 3. The Morgan fingerprint density at radius 1 is 0.794 bits per heavy atom. The molecule has 1 aliphatic rings. The molecule has 13 heteroatoms. The molecule has 0 heterocycles. The lowest BCUT2D eigenvalue weighted by Gasteiger charge is -2.29. The van der Waals surface area contributed by atoms with Crippen LogP contribution in [0.2, 0.25) is 0 Å². The number of rotatable bonds is 9. The maximum atomic E-state index is 14.5. The first-order valence-electron chi connectivity index (χ1n) is 10.5. The smallest absolute Gasteiger partial charge is 0.322 e. The molecular formula is C21H27F3NO6P3. The van der Waals surface area contributed by atoms with Gasteiger partial charge in [0.15, 0.2) is 0 Å². The van der Waals surface area contributed by atoms with Crippen molar-refractivity contribution in [1.29, 1.82) is 0 Å². The summed E-state index contributed by atoms with van der Waals surface area (Å²) in [5.74, 6) is 0. The first kappa shape index (κ1) is 27.5. The lowest BCUT2D eigenvalue weighted by molar-refractivity contribution is 0.0564. The Morgan fingerprint density at radius 2 is 1.21 bits per heavy atom. The number of halogens is 3. The number of benzene rings is 2. The zero-order valence-corrected chi connectivity index (χ0v) is 21.0. The zero-order valence-electron chi connectivity index (χ0n) is 18.1. The Balaban J connectivity index is 1.79. The van der Waals surface area contributed by atoms with Crippen LogP contribution in [-0.4, -0.2) is 30.5 Å².